The first-order valence-electron chi connectivity index (χ1n) is 6.42. The van der Waals surface area contributed by atoms with Gasteiger partial charge in [0.1, 0.15) is 5.82 Å². The highest BCUT2D eigenvalue weighted by molar-refractivity contribution is 5.95. The molecule has 1 aromatic carbocycles. The SMILES string of the molecule is NCCNc1cc(N)nc2cc(-c3ccn[nH]3)ccc12. The Morgan fingerprint density at radius 3 is 2.85 bits per heavy atom. The Hall–Kier alpha value is -2.60. The highest BCUT2D eigenvalue weighted by atomic mass is 15.1. The topological polar surface area (TPSA) is 106 Å². The van der Waals surface area contributed by atoms with Crippen LogP contribution in [0, 0.1) is 0 Å². The monoisotopic (exact) mass is 268 g/mol. The maximum Gasteiger partial charge on any atom is 0.126 e. The van der Waals surface area contributed by atoms with Crippen LogP contribution in [0.3, 0.4) is 0 Å². The van der Waals surface area contributed by atoms with Gasteiger partial charge in [-0.3, -0.25) is 5.10 Å². The number of nitrogen functional groups attached to an aromatic ring is 1. The summed E-state index contributed by atoms with van der Waals surface area (Å²) >= 11 is 0. The summed E-state index contributed by atoms with van der Waals surface area (Å²) in [6, 6.07) is 9.79. The van der Waals surface area contributed by atoms with Crippen LogP contribution >= 0.6 is 0 Å². The van der Waals surface area contributed by atoms with Gasteiger partial charge in [0.2, 0.25) is 0 Å². The van der Waals surface area contributed by atoms with Crippen molar-refractivity contribution in [3.8, 4) is 11.3 Å². The molecule has 102 valence electrons. The van der Waals surface area contributed by atoms with E-state index in [-0.39, 0.29) is 0 Å². The first-order chi connectivity index (χ1) is 9.78. The van der Waals surface area contributed by atoms with Crippen LogP contribution in [0.1, 0.15) is 0 Å². The van der Waals surface area contributed by atoms with E-state index < -0.39 is 0 Å². The van der Waals surface area contributed by atoms with Crippen LogP contribution in [0.4, 0.5) is 11.5 Å². The van der Waals surface area contributed by atoms with E-state index in [0.717, 1.165) is 27.8 Å². The van der Waals surface area contributed by atoms with E-state index in [4.69, 9.17) is 11.5 Å². The van der Waals surface area contributed by atoms with E-state index in [0.29, 0.717) is 18.9 Å². The number of H-pyrrole nitrogens is 1. The lowest BCUT2D eigenvalue weighted by Crippen LogP contribution is -2.13. The molecular formula is C14H16N6. The molecule has 0 aliphatic carbocycles. The number of nitrogens with one attached hydrogen (secondary N) is 2. The number of nitrogens with two attached hydrogens (primary N) is 2. The van der Waals surface area contributed by atoms with Gasteiger partial charge in [0.05, 0.1) is 11.2 Å². The molecular weight excluding hydrogens is 252 g/mol. The smallest absolute Gasteiger partial charge is 0.126 e. The third-order valence-corrected chi connectivity index (χ3v) is 3.10. The van der Waals surface area contributed by atoms with Gasteiger partial charge in [0, 0.05) is 42.0 Å². The molecule has 0 saturated heterocycles. The summed E-state index contributed by atoms with van der Waals surface area (Å²) in [5.74, 6) is 0.485. The lowest BCUT2D eigenvalue weighted by Gasteiger charge is -2.10. The molecule has 0 spiro atoms. The van der Waals surface area contributed by atoms with Gasteiger partial charge < -0.3 is 16.8 Å². The lowest BCUT2D eigenvalue weighted by atomic mass is 10.1. The molecule has 2 aromatic heterocycles. The minimum absolute atomic E-state index is 0.485. The van der Waals surface area contributed by atoms with E-state index in [1.165, 1.54) is 0 Å². The number of nitrogens with zero attached hydrogens (tertiary/aromatic N) is 2. The number of anilines is 2. The predicted octanol–water partition coefficient (Wildman–Crippen LogP) is 1.58. The number of pyridine rings is 1. The number of hydrogen-bond donors (Lipinski definition) is 4. The standard InChI is InChI=1S/C14H16N6/c15-4-6-17-12-8-14(16)19-13-7-9(1-2-10(12)13)11-3-5-18-20-11/h1-3,5,7-8H,4,6,15H2,(H,18,20)(H3,16,17,19). The second kappa shape index (κ2) is 5.18. The van der Waals surface area contributed by atoms with Crippen molar-refractivity contribution in [2.24, 2.45) is 5.73 Å². The van der Waals surface area contributed by atoms with Gasteiger partial charge in [-0.15, -0.1) is 0 Å². The van der Waals surface area contributed by atoms with Crippen molar-refractivity contribution < 1.29 is 0 Å². The summed E-state index contributed by atoms with van der Waals surface area (Å²) in [5, 5.41) is 11.2. The Kier molecular flexibility index (Phi) is 3.22. The van der Waals surface area contributed by atoms with Crippen molar-refractivity contribution in [1.82, 2.24) is 15.2 Å². The Bertz CT molecular complexity index is 720. The lowest BCUT2D eigenvalue weighted by molar-refractivity contribution is 1.03. The van der Waals surface area contributed by atoms with E-state index in [2.05, 4.69) is 20.5 Å². The van der Waals surface area contributed by atoms with Gasteiger partial charge in [-0.1, -0.05) is 12.1 Å². The molecule has 0 radical (unpaired) electrons. The highest BCUT2D eigenvalue weighted by Gasteiger charge is 2.06. The average Bonchev–Trinajstić information content (AvgIpc) is 2.98. The molecule has 0 amide bonds. The third kappa shape index (κ3) is 2.28. The first kappa shape index (κ1) is 12.4. The van der Waals surface area contributed by atoms with Crippen molar-refractivity contribution in [2.45, 2.75) is 0 Å². The minimum atomic E-state index is 0.485. The fourth-order valence-corrected chi connectivity index (χ4v) is 2.19. The van der Waals surface area contributed by atoms with E-state index in [9.17, 15) is 0 Å². The zero-order chi connectivity index (χ0) is 13.9. The fourth-order valence-electron chi connectivity index (χ4n) is 2.19. The van der Waals surface area contributed by atoms with Gasteiger partial charge in [0.15, 0.2) is 0 Å². The zero-order valence-electron chi connectivity index (χ0n) is 10.9. The summed E-state index contributed by atoms with van der Waals surface area (Å²) in [7, 11) is 0. The van der Waals surface area contributed by atoms with Gasteiger partial charge in [-0.2, -0.15) is 5.10 Å². The highest BCUT2D eigenvalue weighted by Crippen LogP contribution is 2.28. The van der Waals surface area contributed by atoms with Crippen LogP contribution in [0.25, 0.3) is 22.2 Å². The number of hydrogen-bond acceptors (Lipinski definition) is 5. The maximum absolute atomic E-state index is 5.86. The summed E-state index contributed by atoms with van der Waals surface area (Å²) in [4.78, 5) is 4.39. The van der Waals surface area contributed by atoms with Crippen LogP contribution in [0.2, 0.25) is 0 Å². The van der Waals surface area contributed by atoms with Gasteiger partial charge >= 0.3 is 0 Å². The van der Waals surface area contributed by atoms with E-state index >= 15 is 0 Å². The molecule has 0 aliphatic rings. The fraction of sp³-hybridized carbons (Fsp3) is 0.143. The molecule has 6 N–H and O–H groups in total. The number of aromatic amines is 1. The summed E-state index contributed by atoms with van der Waals surface area (Å²) < 4.78 is 0. The molecule has 0 fully saturated rings. The Morgan fingerprint density at radius 2 is 2.10 bits per heavy atom. The van der Waals surface area contributed by atoms with Crippen molar-refractivity contribution in [3.63, 3.8) is 0 Å². The normalized spacial score (nSPS) is 10.8. The zero-order valence-corrected chi connectivity index (χ0v) is 10.9. The summed E-state index contributed by atoms with van der Waals surface area (Å²) in [6.45, 7) is 1.26. The quantitative estimate of drug-likeness (QED) is 0.575. The van der Waals surface area contributed by atoms with Crippen LogP contribution in [-0.4, -0.2) is 28.3 Å². The Morgan fingerprint density at radius 1 is 1.20 bits per heavy atom. The molecule has 0 atom stereocenters. The number of rotatable bonds is 4. The summed E-state index contributed by atoms with van der Waals surface area (Å²) in [6.07, 6.45) is 1.72. The molecule has 0 saturated carbocycles. The van der Waals surface area contributed by atoms with Crippen LogP contribution < -0.4 is 16.8 Å². The summed E-state index contributed by atoms with van der Waals surface area (Å²) in [5.41, 5.74) is 15.2. The van der Waals surface area contributed by atoms with Gasteiger partial charge in [0.25, 0.3) is 0 Å². The predicted molar refractivity (Wildman–Crippen MR) is 81.3 cm³/mol. The van der Waals surface area contributed by atoms with Crippen molar-refractivity contribution in [3.05, 3.63) is 36.5 Å². The number of fused-ring (bicyclic) bond motifs is 1. The molecule has 3 rings (SSSR count). The Balaban J connectivity index is 2.10. The van der Waals surface area contributed by atoms with Gasteiger partial charge in [-0.05, 0) is 12.1 Å². The maximum atomic E-state index is 5.86. The second-order valence-electron chi connectivity index (χ2n) is 4.51. The van der Waals surface area contributed by atoms with Crippen LogP contribution in [-0.2, 0) is 0 Å². The van der Waals surface area contributed by atoms with Crippen LogP contribution in [0.5, 0.6) is 0 Å². The average molecular weight is 268 g/mol. The molecule has 0 aliphatic heterocycles. The number of benzene rings is 1. The van der Waals surface area contributed by atoms with E-state index in [1.807, 2.05) is 30.3 Å². The molecule has 6 heteroatoms. The second-order valence-corrected chi connectivity index (χ2v) is 4.51. The molecule has 2 heterocycles. The molecule has 6 nitrogen and oxygen atoms in total. The first-order valence-corrected chi connectivity index (χ1v) is 6.42. The van der Waals surface area contributed by atoms with Gasteiger partial charge in [-0.25, -0.2) is 4.98 Å². The van der Waals surface area contributed by atoms with Crippen molar-refractivity contribution in [2.75, 3.05) is 24.1 Å². The van der Waals surface area contributed by atoms with Crippen molar-refractivity contribution >= 4 is 22.4 Å². The minimum Gasteiger partial charge on any atom is -0.384 e. The largest absolute Gasteiger partial charge is 0.384 e. The third-order valence-electron chi connectivity index (χ3n) is 3.10. The van der Waals surface area contributed by atoms with Crippen molar-refractivity contribution in [1.29, 1.82) is 0 Å². The Labute approximate surface area is 116 Å². The van der Waals surface area contributed by atoms with E-state index in [1.54, 1.807) is 6.20 Å². The molecule has 0 bridgehead atoms. The van der Waals surface area contributed by atoms with Crippen LogP contribution in [0.15, 0.2) is 36.5 Å². The molecule has 0 unspecified atom stereocenters. The molecule has 3 aromatic rings. The number of aromatic nitrogens is 3. The molecule has 20 heavy (non-hydrogen) atoms.